The Morgan fingerprint density at radius 1 is 1.11 bits per heavy atom. The van der Waals surface area contributed by atoms with E-state index in [9.17, 15) is 14.0 Å². The summed E-state index contributed by atoms with van der Waals surface area (Å²) in [6.45, 7) is 0.659. The van der Waals surface area contributed by atoms with Gasteiger partial charge in [-0.1, -0.05) is 30.3 Å². The van der Waals surface area contributed by atoms with Gasteiger partial charge in [-0.2, -0.15) is 0 Å². The molecule has 144 valence electrons. The van der Waals surface area contributed by atoms with Crippen LogP contribution in [-0.4, -0.2) is 29.8 Å². The van der Waals surface area contributed by atoms with Crippen molar-refractivity contribution in [1.29, 1.82) is 0 Å². The number of amides is 1. The van der Waals surface area contributed by atoms with E-state index < -0.39 is 0 Å². The Bertz CT molecular complexity index is 1030. The zero-order valence-corrected chi connectivity index (χ0v) is 15.4. The lowest BCUT2D eigenvalue weighted by Crippen LogP contribution is -2.33. The highest BCUT2D eigenvalue weighted by Crippen LogP contribution is 2.33. The number of ketones is 1. The van der Waals surface area contributed by atoms with Gasteiger partial charge in [-0.3, -0.25) is 9.59 Å². The van der Waals surface area contributed by atoms with Crippen LogP contribution in [0.25, 0.3) is 22.0 Å². The minimum Gasteiger partial charge on any atom is -0.350 e. The number of fused-ring (bicyclic) bond motifs is 1. The van der Waals surface area contributed by atoms with Crippen LogP contribution in [-0.2, 0) is 4.79 Å². The maximum atomic E-state index is 13.4. The van der Waals surface area contributed by atoms with Crippen molar-refractivity contribution in [1.82, 2.24) is 10.3 Å². The molecule has 1 aliphatic carbocycles. The summed E-state index contributed by atoms with van der Waals surface area (Å²) in [5.41, 5.74) is 8.35. The number of halogens is 1. The molecule has 2 atom stereocenters. The monoisotopic (exact) mass is 379 g/mol. The third kappa shape index (κ3) is 3.31. The average molecular weight is 379 g/mol. The van der Waals surface area contributed by atoms with E-state index in [1.54, 1.807) is 12.1 Å². The van der Waals surface area contributed by atoms with Gasteiger partial charge < -0.3 is 16.0 Å². The molecular formula is C22H22FN3O2. The van der Waals surface area contributed by atoms with Crippen molar-refractivity contribution in [2.24, 2.45) is 17.6 Å². The number of carbonyl (C=O) groups is 2. The predicted molar refractivity (Wildman–Crippen MR) is 106 cm³/mol. The van der Waals surface area contributed by atoms with Crippen molar-refractivity contribution < 1.29 is 14.0 Å². The van der Waals surface area contributed by atoms with Crippen LogP contribution in [0.3, 0.4) is 0 Å². The van der Waals surface area contributed by atoms with E-state index >= 15 is 0 Å². The smallest absolute Gasteiger partial charge is 0.268 e. The Labute approximate surface area is 162 Å². The summed E-state index contributed by atoms with van der Waals surface area (Å²) in [7, 11) is 0. The normalized spacial score (nSPS) is 19.3. The van der Waals surface area contributed by atoms with Gasteiger partial charge in [-0.15, -0.1) is 0 Å². The van der Waals surface area contributed by atoms with Gasteiger partial charge in [0.2, 0.25) is 0 Å². The summed E-state index contributed by atoms with van der Waals surface area (Å²) in [5.74, 6) is -0.748. The lowest BCUT2D eigenvalue weighted by atomic mass is 10.0. The maximum Gasteiger partial charge on any atom is 0.268 e. The summed E-state index contributed by atoms with van der Waals surface area (Å²) < 4.78 is 13.4. The van der Waals surface area contributed by atoms with E-state index in [0.717, 1.165) is 34.9 Å². The summed E-state index contributed by atoms with van der Waals surface area (Å²) in [4.78, 5) is 28.4. The van der Waals surface area contributed by atoms with Crippen LogP contribution in [0.15, 0.2) is 48.5 Å². The number of H-pyrrole nitrogens is 1. The fraction of sp³-hybridized carbons (Fsp3) is 0.273. The van der Waals surface area contributed by atoms with E-state index in [2.05, 4.69) is 10.3 Å². The van der Waals surface area contributed by atoms with Gasteiger partial charge in [-0.25, -0.2) is 4.39 Å². The molecule has 3 aromatic rings. The largest absolute Gasteiger partial charge is 0.350 e. The van der Waals surface area contributed by atoms with Crippen LogP contribution in [0.4, 0.5) is 4.39 Å². The Morgan fingerprint density at radius 2 is 1.82 bits per heavy atom. The zero-order chi connectivity index (χ0) is 19.7. The number of Topliss-reactive ketones (excluding diaryl/α,β-unsaturated/α-hetero) is 1. The number of nitrogens with one attached hydrogen (secondary N) is 2. The molecule has 1 heterocycles. The number of para-hydroxylation sites is 1. The van der Waals surface area contributed by atoms with Crippen LogP contribution in [0.2, 0.25) is 0 Å². The van der Waals surface area contributed by atoms with Gasteiger partial charge >= 0.3 is 0 Å². The van der Waals surface area contributed by atoms with E-state index in [-0.39, 0.29) is 29.3 Å². The van der Waals surface area contributed by atoms with Crippen molar-refractivity contribution in [3.05, 3.63) is 60.0 Å². The predicted octanol–water partition coefficient (Wildman–Crippen LogP) is 3.26. The van der Waals surface area contributed by atoms with Gasteiger partial charge in [0.15, 0.2) is 0 Å². The molecule has 1 fully saturated rings. The highest BCUT2D eigenvalue weighted by Gasteiger charge is 2.33. The molecule has 0 aliphatic heterocycles. The lowest BCUT2D eigenvalue weighted by Gasteiger charge is -2.11. The Balaban J connectivity index is 1.63. The van der Waals surface area contributed by atoms with E-state index in [4.69, 9.17) is 5.73 Å². The SMILES string of the molecule is NC[C@H]1CC[C@H](CNC(=O)c2[nH]c3ccccc3c2-c2ccc(F)cc2)C1=O. The van der Waals surface area contributed by atoms with Crippen LogP contribution < -0.4 is 11.1 Å². The summed E-state index contributed by atoms with van der Waals surface area (Å²) in [5, 5.41) is 3.78. The number of rotatable bonds is 5. The van der Waals surface area contributed by atoms with E-state index in [1.165, 1.54) is 12.1 Å². The molecule has 0 spiro atoms. The van der Waals surface area contributed by atoms with Gasteiger partial charge in [0.1, 0.15) is 17.3 Å². The molecule has 1 aromatic heterocycles. The third-order valence-electron chi connectivity index (χ3n) is 5.53. The fourth-order valence-corrected chi connectivity index (χ4v) is 3.99. The molecule has 0 bridgehead atoms. The zero-order valence-electron chi connectivity index (χ0n) is 15.4. The molecule has 5 nitrogen and oxygen atoms in total. The number of carbonyl (C=O) groups excluding carboxylic acids is 2. The van der Waals surface area contributed by atoms with Crippen LogP contribution in [0.1, 0.15) is 23.3 Å². The van der Waals surface area contributed by atoms with Gasteiger partial charge in [-0.05, 0) is 36.6 Å². The van der Waals surface area contributed by atoms with Crippen molar-refractivity contribution in [2.45, 2.75) is 12.8 Å². The number of aromatic nitrogens is 1. The molecular weight excluding hydrogens is 357 g/mol. The Hall–Kier alpha value is -2.99. The van der Waals surface area contributed by atoms with Crippen LogP contribution in [0.5, 0.6) is 0 Å². The number of hydrogen-bond acceptors (Lipinski definition) is 3. The summed E-state index contributed by atoms with van der Waals surface area (Å²) in [6, 6.07) is 13.7. The number of nitrogens with two attached hydrogens (primary N) is 1. The highest BCUT2D eigenvalue weighted by molar-refractivity contribution is 6.09. The van der Waals surface area contributed by atoms with Crippen molar-refractivity contribution in [2.75, 3.05) is 13.1 Å². The summed E-state index contributed by atoms with van der Waals surface area (Å²) >= 11 is 0. The minimum atomic E-state index is -0.330. The van der Waals surface area contributed by atoms with Crippen molar-refractivity contribution in [3.8, 4) is 11.1 Å². The van der Waals surface area contributed by atoms with E-state index in [0.29, 0.717) is 18.8 Å². The van der Waals surface area contributed by atoms with Crippen LogP contribution in [0, 0.1) is 17.7 Å². The summed E-state index contributed by atoms with van der Waals surface area (Å²) in [6.07, 6.45) is 1.53. The minimum absolute atomic E-state index is 0.0928. The van der Waals surface area contributed by atoms with E-state index in [1.807, 2.05) is 24.3 Å². The molecule has 4 N–H and O–H groups in total. The first-order valence-corrected chi connectivity index (χ1v) is 9.47. The van der Waals surface area contributed by atoms with Crippen LogP contribution >= 0.6 is 0 Å². The molecule has 0 unspecified atom stereocenters. The molecule has 0 radical (unpaired) electrons. The average Bonchev–Trinajstić information content (AvgIpc) is 3.27. The second kappa shape index (κ2) is 7.56. The quantitative estimate of drug-likeness (QED) is 0.636. The topological polar surface area (TPSA) is 88.0 Å². The molecule has 0 saturated heterocycles. The second-order valence-electron chi connectivity index (χ2n) is 7.25. The number of aromatic amines is 1. The molecule has 2 aromatic carbocycles. The second-order valence-corrected chi connectivity index (χ2v) is 7.25. The van der Waals surface area contributed by atoms with Gasteiger partial charge in [0, 0.05) is 41.4 Å². The third-order valence-corrected chi connectivity index (χ3v) is 5.53. The Morgan fingerprint density at radius 3 is 2.54 bits per heavy atom. The molecule has 1 saturated carbocycles. The Kier molecular flexibility index (Phi) is 4.96. The molecule has 4 rings (SSSR count). The number of benzene rings is 2. The molecule has 6 heteroatoms. The highest BCUT2D eigenvalue weighted by atomic mass is 19.1. The first-order valence-electron chi connectivity index (χ1n) is 9.47. The maximum absolute atomic E-state index is 13.4. The molecule has 28 heavy (non-hydrogen) atoms. The van der Waals surface area contributed by atoms with Crippen molar-refractivity contribution in [3.63, 3.8) is 0 Å². The number of hydrogen-bond donors (Lipinski definition) is 3. The first-order chi connectivity index (χ1) is 13.6. The van der Waals surface area contributed by atoms with Gasteiger partial charge in [0.25, 0.3) is 5.91 Å². The lowest BCUT2D eigenvalue weighted by molar-refractivity contribution is -0.123. The standard InChI is InChI=1S/C22H22FN3O2/c23-16-9-7-13(8-10-16)19-17-3-1-2-4-18(17)26-20(19)22(28)25-12-15-6-5-14(11-24)21(15)27/h1-4,7-10,14-15,26H,5-6,11-12,24H2,(H,25,28)/t14-,15-/m1/s1. The fourth-order valence-electron chi connectivity index (χ4n) is 3.99. The first kappa shape index (κ1) is 18.4. The molecule has 1 aliphatic rings. The molecule has 1 amide bonds. The van der Waals surface area contributed by atoms with Gasteiger partial charge in [0.05, 0.1) is 0 Å². The van der Waals surface area contributed by atoms with Crippen molar-refractivity contribution >= 4 is 22.6 Å².